The first kappa shape index (κ1) is 7.54. The van der Waals surface area contributed by atoms with Crippen molar-refractivity contribution in [2.45, 2.75) is 12.8 Å². The molecule has 0 nitrogen and oxygen atoms in total. The Balaban J connectivity index is 1.91. The molecule has 0 spiro atoms. The Morgan fingerprint density at radius 2 is 1.45 bits per heavy atom. The van der Waals surface area contributed by atoms with E-state index in [9.17, 15) is 0 Å². The predicted molar refractivity (Wildman–Crippen MR) is 43.7 cm³/mol. The van der Waals surface area contributed by atoms with Gasteiger partial charge in [0.05, 0.1) is 0 Å². The van der Waals surface area contributed by atoms with E-state index in [0.717, 1.165) is 0 Å². The second-order valence-electron chi connectivity index (χ2n) is 3.09. The molecular formula is C10H10Hg. The maximum atomic E-state index is 2.33. The second-order valence-corrected chi connectivity index (χ2v) is 11.5. The first-order chi connectivity index (χ1) is 5.45. The van der Waals surface area contributed by atoms with Gasteiger partial charge in [-0.15, -0.1) is 0 Å². The minimum atomic E-state index is -0.770. The molecule has 0 heterocycles. The molecule has 0 fully saturated rings. The van der Waals surface area contributed by atoms with E-state index in [1.165, 1.54) is 12.8 Å². The third kappa shape index (κ3) is 1.93. The van der Waals surface area contributed by atoms with Crippen LogP contribution in [-0.2, 0) is 24.6 Å². The predicted octanol–water partition coefficient (Wildman–Crippen LogP) is 2.76. The summed E-state index contributed by atoms with van der Waals surface area (Å²) in [5.41, 5.74) is 0. The summed E-state index contributed by atoms with van der Waals surface area (Å²) in [5, 5.41) is 0. The van der Waals surface area contributed by atoms with Gasteiger partial charge in [-0.25, -0.2) is 0 Å². The van der Waals surface area contributed by atoms with Gasteiger partial charge in [0, 0.05) is 0 Å². The van der Waals surface area contributed by atoms with Crippen molar-refractivity contribution in [1.29, 1.82) is 0 Å². The topological polar surface area (TPSA) is 0 Å². The van der Waals surface area contributed by atoms with Crippen molar-refractivity contribution in [3.05, 3.63) is 42.6 Å². The molecule has 0 aromatic rings. The van der Waals surface area contributed by atoms with Crippen molar-refractivity contribution < 1.29 is 24.6 Å². The van der Waals surface area contributed by atoms with E-state index < -0.39 is 24.6 Å². The summed E-state index contributed by atoms with van der Waals surface area (Å²) >= 11 is -0.770. The van der Waals surface area contributed by atoms with E-state index >= 15 is 0 Å². The summed E-state index contributed by atoms with van der Waals surface area (Å²) in [6.07, 6.45) is 16.2. The van der Waals surface area contributed by atoms with Crippen LogP contribution in [0.3, 0.4) is 0 Å². The van der Waals surface area contributed by atoms with Gasteiger partial charge in [0.25, 0.3) is 0 Å². The molecule has 0 radical (unpaired) electrons. The van der Waals surface area contributed by atoms with Crippen LogP contribution in [0.25, 0.3) is 0 Å². The third-order valence-corrected chi connectivity index (χ3v) is 9.76. The SMILES string of the molecule is C1=CC[C]([Hg][C]2=CC=CC2)=C1. The molecule has 2 aliphatic carbocycles. The summed E-state index contributed by atoms with van der Waals surface area (Å²) in [6, 6.07) is 0. The Hall–Kier alpha value is -0.105. The van der Waals surface area contributed by atoms with Crippen LogP contribution in [-0.4, -0.2) is 0 Å². The number of allylic oxidation sites excluding steroid dienone is 8. The minimum absolute atomic E-state index is 0.770. The Morgan fingerprint density at radius 3 is 1.82 bits per heavy atom. The van der Waals surface area contributed by atoms with Gasteiger partial charge in [0.2, 0.25) is 0 Å². The van der Waals surface area contributed by atoms with Gasteiger partial charge in [-0.2, -0.15) is 0 Å². The van der Waals surface area contributed by atoms with Crippen molar-refractivity contribution in [3.63, 3.8) is 0 Å². The van der Waals surface area contributed by atoms with Crippen LogP contribution < -0.4 is 0 Å². The zero-order valence-electron chi connectivity index (χ0n) is 6.59. The fraction of sp³-hybridized carbons (Fsp3) is 0.200. The van der Waals surface area contributed by atoms with E-state index in [1.54, 1.807) is 6.16 Å². The molecule has 0 bridgehead atoms. The molecule has 2 aliphatic rings. The molecule has 52 valence electrons. The van der Waals surface area contributed by atoms with Crippen molar-refractivity contribution in [2.75, 3.05) is 0 Å². The quantitative estimate of drug-likeness (QED) is 0.683. The van der Waals surface area contributed by atoms with E-state index in [-0.39, 0.29) is 0 Å². The first-order valence-electron chi connectivity index (χ1n) is 4.14. The van der Waals surface area contributed by atoms with Crippen molar-refractivity contribution in [2.24, 2.45) is 0 Å². The molecular weight excluding hydrogens is 321 g/mol. The van der Waals surface area contributed by atoms with Crippen LogP contribution >= 0.6 is 0 Å². The molecule has 0 unspecified atom stereocenters. The van der Waals surface area contributed by atoms with Gasteiger partial charge in [-0.1, -0.05) is 0 Å². The van der Waals surface area contributed by atoms with Crippen LogP contribution in [0.1, 0.15) is 12.8 Å². The Bertz CT molecular complexity index is 239. The van der Waals surface area contributed by atoms with Gasteiger partial charge < -0.3 is 0 Å². The zero-order chi connectivity index (χ0) is 7.52. The molecule has 0 aliphatic heterocycles. The molecule has 2 rings (SSSR count). The maximum absolute atomic E-state index is 2.33. The zero-order valence-corrected chi connectivity index (χ0v) is 12.1. The third-order valence-electron chi connectivity index (χ3n) is 2.15. The fourth-order valence-electron chi connectivity index (χ4n) is 1.54. The molecule has 0 saturated carbocycles. The number of hydrogen-bond acceptors (Lipinski definition) is 0. The Labute approximate surface area is 79.8 Å². The number of rotatable bonds is 2. The van der Waals surface area contributed by atoms with Crippen LogP contribution in [0.2, 0.25) is 0 Å². The monoisotopic (exact) mass is 332 g/mol. The Morgan fingerprint density at radius 1 is 0.909 bits per heavy atom. The molecule has 0 amide bonds. The van der Waals surface area contributed by atoms with E-state index in [2.05, 4.69) is 36.5 Å². The van der Waals surface area contributed by atoms with Crippen LogP contribution in [0, 0.1) is 0 Å². The number of hydrogen-bond donors (Lipinski definition) is 0. The molecule has 11 heavy (non-hydrogen) atoms. The summed E-state index contributed by atoms with van der Waals surface area (Å²) in [5.74, 6) is 0. The molecule has 0 N–H and O–H groups in total. The van der Waals surface area contributed by atoms with Crippen LogP contribution in [0.4, 0.5) is 0 Å². The second kappa shape index (κ2) is 3.53. The molecule has 1 heteroatoms. The van der Waals surface area contributed by atoms with Crippen molar-refractivity contribution >= 4 is 0 Å². The van der Waals surface area contributed by atoms with Gasteiger partial charge in [0.15, 0.2) is 0 Å². The fourth-order valence-corrected chi connectivity index (χ4v) is 8.20. The molecule has 0 aromatic heterocycles. The summed E-state index contributed by atoms with van der Waals surface area (Å²) in [7, 11) is 0. The van der Waals surface area contributed by atoms with Gasteiger partial charge in [0.1, 0.15) is 0 Å². The van der Waals surface area contributed by atoms with Crippen LogP contribution in [0.5, 0.6) is 0 Å². The molecule has 0 aromatic carbocycles. The summed E-state index contributed by atoms with van der Waals surface area (Å²) < 4.78 is 3.56. The summed E-state index contributed by atoms with van der Waals surface area (Å²) in [6.45, 7) is 0. The first-order valence-corrected chi connectivity index (χ1v) is 9.64. The molecule has 0 saturated heterocycles. The average Bonchev–Trinajstić information content (AvgIpc) is 2.60. The van der Waals surface area contributed by atoms with Gasteiger partial charge >= 0.3 is 80.0 Å². The van der Waals surface area contributed by atoms with Gasteiger partial charge in [-0.05, 0) is 0 Å². The van der Waals surface area contributed by atoms with E-state index in [1.807, 2.05) is 0 Å². The van der Waals surface area contributed by atoms with Crippen LogP contribution in [0.15, 0.2) is 42.6 Å². The van der Waals surface area contributed by atoms with Crippen molar-refractivity contribution in [3.8, 4) is 0 Å². The van der Waals surface area contributed by atoms with Crippen molar-refractivity contribution in [1.82, 2.24) is 0 Å². The standard InChI is InChI=1S/2C5H5.Hg/c2*1-2-4-5-3-1;/h2*1-3H,4H2;. The summed E-state index contributed by atoms with van der Waals surface area (Å²) in [4.78, 5) is 0. The molecule has 0 atom stereocenters. The Kier molecular flexibility index (Phi) is 2.42. The van der Waals surface area contributed by atoms with E-state index in [4.69, 9.17) is 0 Å². The van der Waals surface area contributed by atoms with Gasteiger partial charge in [-0.3, -0.25) is 0 Å². The van der Waals surface area contributed by atoms with E-state index in [0.29, 0.717) is 0 Å². The normalized spacial score (nSPS) is 20.0. The average molecular weight is 331 g/mol.